The largest absolute Gasteiger partial charge is 0.310 e. The summed E-state index contributed by atoms with van der Waals surface area (Å²) in [7, 11) is 1.99. The van der Waals surface area contributed by atoms with Crippen molar-refractivity contribution in [3.63, 3.8) is 0 Å². The van der Waals surface area contributed by atoms with Crippen LogP contribution in [0.15, 0.2) is 6.20 Å². The second-order valence-corrected chi connectivity index (χ2v) is 5.71. The standard InChI is InChI=1S/C15H27N3/c1-4-15(13-8-6-5-7-9-13)16-10-14-11-18(3)17-12(14)2/h11,13,15-16H,4-10H2,1-3H3. The van der Waals surface area contributed by atoms with Gasteiger partial charge in [-0.2, -0.15) is 5.10 Å². The Morgan fingerprint density at radius 2 is 2.11 bits per heavy atom. The fraction of sp³-hybridized carbons (Fsp3) is 0.800. The van der Waals surface area contributed by atoms with Crippen molar-refractivity contribution in [3.8, 4) is 0 Å². The molecule has 1 N–H and O–H groups in total. The zero-order valence-corrected chi connectivity index (χ0v) is 12.1. The molecule has 3 nitrogen and oxygen atoms in total. The molecule has 0 radical (unpaired) electrons. The van der Waals surface area contributed by atoms with Gasteiger partial charge in [0.2, 0.25) is 0 Å². The first kappa shape index (κ1) is 13.6. The van der Waals surface area contributed by atoms with E-state index < -0.39 is 0 Å². The first-order valence-corrected chi connectivity index (χ1v) is 7.43. The number of aromatic nitrogens is 2. The molecule has 0 spiro atoms. The van der Waals surface area contributed by atoms with Gasteiger partial charge in [-0.1, -0.05) is 26.2 Å². The minimum atomic E-state index is 0.685. The van der Waals surface area contributed by atoms with Crippen molar-refractivity contribution in [3.05, 3.63) is 17.5 Å². The molecule has 1 aromatic rings. The number of nitrogens with zero attached hydrogens (tertiary/aromatic N) is 2. The monoisotopic (exact) mass is 249 g/mol. The van der Waals surface area contributed by atoms with Gasteiger partial charge >= 0.3 is 0 Å². The highest BCUT2D eigenvalue weighted by Gasteiger charge is 2.21. The summed E-state index contributed by atoms with van der Waals surface area (Å²) in [5.74, 6) is 0.890. The van der Waals surface area contributed by atoms with Crippen LogP contribution in [0.25, 0.3) is 0 Å². The Bertz CT molecular complexity index is 364. The van der Waals surface area contributed by atoms with E-state index in [0.717, 1.165) is 18.2 Å². The van der Waals surface area contributed by atoms with Crippen molar-refractivity contribution in [1.82, 2.24) is 15.1 Å². The van der Waals surface area contributed by atoms with Crippen LogP contribution in [0.4, 0.5) is 0 Å². The van der Waals surface area contributed by atoms with Crippen LogP contribution < -0.4 is 5.32 Å². The summed E-state index contributed by atoms with van der Waals surface area (Å²) >= 11 is 0. The van der Waals surface area contributed by atoms with Crippen LogP contribution >= 0.6 is 0 Å². The molecule has 102 valence electrons. The van der Waals surface area contributed by atoms with Crippen LogP contribution in [0.5, 0.6) is 0 Å². The Morgan fingerprint density at radius 1 is 1.39 bits per heavy atom. The first-order valence-electron chi connectivity index (χ1n) is 7.43. The third-order valence-electron chi connectivity index (χ3n) is 4.33. The normalized spacial score (nSPS) is 19.1. The lowest BCUT2D eigenvalue weighted by molar-refractivity contribution is 0.261. The molecule has 0 aromatic carbocycles. The highest BCUT2D eigenvalue weighted by molar-refractivity contribution is 5.14. The van der Waals surface area contributed by atoms with E-state index in [4.69, 9.17) is 0 Å². The molecule has 0 saturated heterocycles. The van der Waals surface area contributed by atoms with E-state index in [1.54, 1.807) is 0 Å². The number of hydrogen-bond donors (Lipinski definition) is 1. The van der Waals surface area contributed by atoms with Crippen LogP contribution in [0.2, 0.25) is 0 Å². The van der Waals surface area contributed by atoms with E-state index in [-0.39, 0.29) is 0 Å². The molecule has 1 aromatic heterocycles. The molecule has 0 amide bonds. The maximum absolute atomic E-state index is 4.40. The fourth-order valence-electron chi connectivity index (χ4n) is 3.24. The van der Waals surface area contributed by atoms with Crippen molar-refractivity contribution < 1.29 is 0 Å². The summed E-state index contributed by atoms with van der Waals surface area (Å²) in [6.07, 6.45) is 10.5. The second-order valence-electron chi connectivity index (χ2n) is 5.71. The molecule has 2 rings (SSSR count). The maximum atomic E-state index is 4.40. The van der Waals surface area contributed by atoms with Crippen molar-refractivity contribution >= 4 is 0 Å². The second kappa shape index (κ2) is 6.37. The van der Waals surface area contributed by atoms with Gasteiger partial charge in [0.05, 0.1) is 5.69 Å². The SMILES string of the molecule is CCC(NCc1cn(C)nc1C)C1CCCCC1. The summed E-state index contributed by atoms with van der Waals surface area (Å²) in [5.41, 5.74) is 2.50. The highest BCUT2D eigenvalue weighted by atomic mass is 15.2. The molecule has 1 fully saturated rings. The van der Waals surface area contributed by atoms with E-state index in [9.17, 15) is 0 Å². The van der Waals surface area contributed by atoms with Crippen molar-refractivity contribution in [1.29, 1.82) is 0 Å². The summed E-state index contributed by atoms with van der Waals surface area (Å²) in [5, 5.41) is 8.16. The fourth-order valence-corrected chi connectivity index (χ4v) is 3.24. The van der Waals surface area contributed by atoms with Gasteiger partial charge in [0.25, 0.3) is 0 Å². The van der Waals surface area contributed by atoms with Gasteiger partial charge in [0.1, 0.15) is 0 Å². The minimum absolute atomic E-state index is 0.685. The molecular formula is C15H27N3. The zero-order valence-electron chi connectivity index (χ0n) is 12.1. The van der Waals surface area contributed by atoms with Crippen molar-refractivity contribution in [2.45, 2.75) is 65.0 Å². The Morgan fingerprint density at radius 3 is 2.67 bits per heavy atom. The lowest BCUT2D eigenvalue weighted by Crippen LogP contribution is -2.36. The first-order chi connectivity index (χ1) is 8.70. The third kappa shape index (κ3) is 3.35. The molecule has 0 aliphatic heterocycles. The predicted molar refractivity (Wildman–Crippen MR) is 75.4 cm³/mol. The molecule has 1 saturated carbocycles. The Hall–Kier alpha value is -0.830. The van der Waals surface area contributed by atoms with Crippen LogP contribution in [0, 0.1) is 12.8 Å². The van der Waals surface area contributed by atoms with E-state index in [1.165, 1.54) is 44.1 Å². The van der Waals surface area contributed by atoms with Crippen molar-refractivity contribution in [2.75, 3.05) is 0 Å². The van der Waals surface area contributed by atoms with Crippen LogP contribution in [0.1, 0.15) is 56.7 Å². The van der Waals surface area contributed by atoms with Crippen LogP contribution in [-0.4, -0.2) is 15.8 Å². The zero-order chi connectivity index (χ0) is 13.0. The van der Waals surface area contributed by atoms with Crippen LogP contribution in [0.3, 0.4) is 0 Å². The van der Waals surface area contributed by atoms with Gasteiger partial charge < -0.3 is 5.32 Å². The van der Waals surface area contributed by atoms with Gasteiger partial charge in [-0.25, -0.2) is 0 Å². The quantitative estimate of drug-likeness (QED) is 0.868. The molecule has 1 heterocycles. The average molecular weight is 249 g/mol. The molecule has 1 atom stereocenters. The molecule has 1 aliphatic rings. The van der Waals surface area contributed by atoms with Gasteiger partial charge in [0, 0.05) is 31.4 Å². The maximum Gasteiger partial charge on any atom is 0.0638 e. The number of nitrogens with one attached hydrogen (secondary N) is 1. The van der Waals surface area contributed by atoms with E-state index in [2.05, 4.69) is 30.5 Å². The minimum Gasteiger partial charge on any atom is -0.310 e. The lowest BCUT2D eigenvalue weighted by atomic mass is 9.83. The summed E-state index contributed by atoms with van der Waals surface area (Å²) in [4.78, 5) is 0. The predicted octanol–water partition coefficient (Wildman–Crippen LogP) is 3.18. The third-order valence-corrected chi connectivity index (χ3v) is 4.33. The molecular weight excluding hydrogens is 222 g/mol. The number of rotatable bonds is 5. The number of hydrogen-bond acceptors (Lipinski definition) is 2. The summed E-state index contributed by atoms with van der Waals surface area (Å²) < 4.78 is 1.91. The molecule has 18 heavy (non-hydrogen) atoms. The molecule has 1 aliphatic carbocycles. The highest BCUT2D eigenvalue weighted by Crippen LogP contribution is 2.27. The van der Waals surface area contributed by atoms with Crippen LogP contribution in [-0.2, 0) is 13.6 Å². The van der Waals surface area contributed by atoms with E-state index in [0.29, 0.717) is 6.04 Å². The smallest absolute Gasteiger partial charge is 0.0638 e. The summed E-state index contributed by atoms with van der Waals surface area (Å²) in [6, 6.07) is 0.685. The Labute approximate surface area is 111 Å². The van der Waals surface area contributed by atoms with Gasteiger partial charge in [-0.15, -0.1) is 0 Å². The Kier molecular flexibility index (Phi) is 4.81. The summed E-state index contributed by atoms with van der Waals surface area (Å²) in [6.45, 7) is 5.37. The number of aryl methyl sites for hydroxylation is 2. The Balaban J connectivity index is 1.88. The topological polar surface area (TPSA) is 29.9 Å². The van der Waals surface area contributed by atoms with Crippen molar-refractivity contribution in [2.24, 2.45) is 13.0 Å². The van der Waals surface area contributed by atoms with E-state index in [1.807, 2.05) is 11.7 Å². The van der Waals surface area contributed by atoms with Gasteiger partial charge in [0.15, 0.2) is 0 Å². The molecule has 3 heteroatoms. The molecule has 0 bridgehead atoms. The van der Waals surface area contributed by atoms with Gasteiger partial charge in [-0.3, -0.25) is 4.68 Å². The van der Waals surface area contributed by atoms with Gasteiger partial charge in [-0.05, 0) is 32.1 Å². The lowest BCUT2D eigenvalue weighted by Gasteiger charge is -2.30. The van der Waals surface area contributed by atoms with E-state index >= 15 is 0 Å². The molecule has 1 unspecified atom stereocenters. The average Bonchev–Trinajstić information content (AvgIpc) is 2.70.